The van der Waals surface area contributed by atoms with E-state index >= 15 is 0 Å². The Hall–Kier alpha value is -1.66. The van der Waals surface area contributed by atoms with Crippen LogP contribution in [0.15, 0.2) is 23.3 Å². The fourth-order valence-electron chi connectivity index (χ4n) is 23.6. The van der Waals surface area contributed by atoms with Crippen molar-refractivity contribution in [1.29, 1.82) is 0 Å². The Kier molecular flexibility index (Phi) is 14.7. The fraction of sp³-hybridized carbons (Fsp3) is 0.913. The van der Waals surface area contributed by atoms with Crippen LogP contribution in [0.2, 0.25) is 0 Å². The van der Waals surface area contributed by atoms with Crippen LogP contribution in [0.3, 0.4) is 0 Å². The second-order valence-corrected chi connectivity index (χ2v) is 32.3. The topological polar surface area (TPSA) is 98.7 Å². The SMILES string of the molecule is C[C@H]1[C@H](C)CC[C@]2(C(=O)NCCCCCCCCCNC(=O)[C@]34CC[C@@H](C)[C@H](C)[C@H]3C3=CC[C@@H]5[C@@]6(C)CC[C@H](O)C(C)(C)[C@@H]6CC[C@@]5(C)[C@]3(C)CC4)CC[C@]3(C)C(=CC[C@@H]4[C@@]5(C)CC[C@H](O)C(C)(C)[C@@H]5CC[C@]43C)[C@H]12. The van der Waals surface area contributed by atoms with Gasteiger partial charge in [0.05, 0.1) is 23.0 Å². The molecule has 0 spiro atoms. The van der Waals surface area contributed by atoms with E-state index in [0.717, 1.165) is 129 Å². The quantitative estimate of drug-likeness (QED) is 0.116. The second kappa shape index (κ2) is 19.5. The van der Waals surface area contributed by atoms with Crippen LogP contribution in [0.5, 0.6) is 0 Å². The molecular weight excluding hydrogens is 921 g/mol. The highest BCUT2D eigenvalue weighted by molar-refractivity contribution is 5.85. The first-order chi connectivity index (χ1) is 35.2. The summed E-state index contributed by atoms with van der Waals surface area (Å²) in [6, 6.07) is 0. The highest BCUT2D eigenvalue weighted by atomic mass is 16.3. The largest absolute Gasteiger partial charge is 0.393 e. The summed E-state index contributed by atoms with van der Waals surface area (Å²) in [5.74, 6) is 5.97. The average molecular weight is 1040 g/mol. The number of allylic oxidation sites excluding steroid dienone is 4. The Labute approximate surface area is 459 Å². The molecule has 424 valence electrons. The van der Waals surface area contributed by atoms with E-state index in [1.807, 2.05) is 0 Å². The molecule has 0 aliphatic heterocycles. The van der Waals surface area contributed by atoms with Gasteiger partial charge >= 0.3 is 0 Å². The zero-order valence-electron chi connectivity index (χ0n) is 50.9. The molecule has 20 atom stereocenters. The summed E-state index contributed by atoms with van der Waals surface area (Å²) in [5.41, 5.74) is 3.77. The van der Waals surface area contributed by atoms with Crippen molar-refractivity contribution in [2.24, 2.45) is 113 Å². The summed E-state index contributed by atoms with van der Waals surface area (Å²) < 4.78 is 0. The van der Waals surface area contributed by atoms with Crippen LogP contribution in [-0.2, 0) is 9.59 Å². The number of carbonyl (C=O) groups is 2. The number of aliphatic hydroxyl groups excluding tert-OH is 2. The van der Waals surface area contributed by atoms with Crippen LogP contribution in [0.4, 0.5) is 0 Å². The summed E-state index contributed by atoms with van der Waals surface area (Å²) in [6.45, 7) is 36.7. The third kappa shape index (κ3) is 8.09. The first-order valence-corrected chi connectivity index (χ1v) is 32.5. The van der Waals surface area contributed by atoms with Crippen molar-refractivity contribution >= 4 is 11.8 Å². The van der Waals surface area contributed by atoms with Crippen molar-refractivity contribution in [2.45, 2.75) is 270 Å². The highest BCUT2D eigenvalue weighted by Gasteiger charge is 2.72. The first kappa shape index (κ1) is 56.6. The third-order valence-corrected chi connectivity index (χ3v) is 29.3. The van der Waals surface area contributed by atoms with Gasteiger partial charge in [0, 0.05) is 13.1 Å². The molecule has 0 radical (unpaired) electrons. The van der Waals surface area contributed by atoms with Crippen LogP contribution >= 0.6 is 0 Å². The van der Waals surface area contributed by atoms with Gasteiger partial charge in [0.15, 0.2) is 0 Å². The van der Waals surface area contributed by atoms with Gasteiger partial charge in [-0.25, -0.2) is 0 Å². The Morgan fingerprint density at radius 3 is 1.19 bits per heavy atom. The van der Waals surface area contributed by atoms with Gasteiger partial charge in [-0.3, -0.25) is 9.59 Å². The number of hydrogen-bond acceptors (Lipinski definition) is 4. The van der Waals surface area contributed by atoms with Crippen LogP contribution in [0.25, 0.3) is 0 Å². The van der Waals surface area contributed by atoms with Crippen molar-refractivity contribution < 1.29 is 19.8 Å². The molecule has 10 aliphatic rings. The Morgan fingerprint density at radius 1 is 0.453 bits per heavy atom. The summed E-state index contributed by atoms with van der Waals surface area (Å²) in [4.78, 5) is 29.6. The van der Waals surface area contributed by atoms with E-state index in [-0.39, 0.29) is 66.4 Å². The molecule has 10 rings (SSSR count). The molecule has 10 aliphatic carbocycles. The molecule has 8 fully saturated rings. The maximum atomic E-state index is 14.8. The van der Waals surface area contributed by atoms with Crippen molar-refractivity contribution in [1.82, 2.24) is 10.6 Å². The van der Waals surface area contributed by atoms with E-state index in [2.05, 4.69) is 120 Å². The molecule has 0 saturated heterocycles. The Balaban J connectivity index is 0.700. The van der Waals surface area contributed by atoms with E-state index in [1.165, 1.54) is 44.9 Å². The van der Waals surface area contributed by atoms with E-state index in [1.54, 1.807) is 11.1 Å². The van der Waals surface area contributed by atoms with Crippen LogP contribution in [0.1, 0.15) is 257 Å². The molecule has 0 aromatic rings. The molecule has 8 saturated carbocycles. The molecule has 75 heavy (non-hydrogen) atoms. The standard InChI is InChI=1S/C69H114N2O4/c1-44-26-36-68(40-38-64(11)48(56(68)46(44)3)22-24-52-62(9)32-30-54(72)60(5,6)50(62)28-34-66(52,64)13)58(74)70-42-20-18-16-15-17-19-21-43-71-59(75)69-37-27-45(2)47(4)57(69)49-23-25-53-63(10)33-31-55(73)61(7,8)51(63)29-35-67(53,14)65(49,12)39-41-69/h22-23,44-47,50-57,72-73H,15-21,24-43H2,1-14H3,(H,70,74)(H,71,75)/t44-,45-,46+,47+,50+,51+,52-,53-,54+,55+,56+,57+,62+,63+,64-,65-,66-,67-,68+,69+/m1/s1. The molecule has 4 N–H and O–H groups in total. The molecule has 2 amide bonds. The number of rotatable bonds is 12. The van der Waals surface area contributed by atoms with Gasteiger partial charge in [0.25, 0.3) is 0 Å². The van der Waals surface area contributed by atoms with Gasteiger partial charge in [-0.15, -0.1) is 0 Å². The van der Waals surface area contributed by atoms with E-state index in [9.17, 15) is 19.8 Å². The molecule has 0 aromatic heterocycles. The van der Waals surface area contributed by atoms with Crippen molar-refractivity contribution in [3.63, 3.8) is 0 Å². The van der Waals surface area contributed by atoms with Gasteiger partial charge < -0.3 is 20.8 Å². The van der Waals surface area contributed by atoms with Gasteiger partial charge in [0.2, 0.25) is 11.8 Å². The number of unbranched alkanes of at least 4 members (excludes halogenated alkanes) is 6. The number of aliphatic hydroxyl groups is 2. The number of nitrogens with one attached hydrogen (secondary N) is 2. The lowest BCUT2D eigenvalue weighted by Crippen LogP contribution is -2.66. The van der Waals surface area contributed by atoms with E-state index in [4.69, 9.17) is 0 Å². The van der Waals surface area contributed by atoms with Gasteiger partial charge in [-0.2, -0.15) is 0 Å². The van der Waals surface area contributed by atoms with E-state index in [0.29, 0.717) is 71.0 Å². The zero-order chi connectivity index (χ0) is 54.2. The Morgan fingerprint density at radius 2 is 0.813 bits per heavy atom. The van der Waals surface area contributed by atoms with Crippen LogP contribution < -0.4 is 10.6 Å². The smallest absolute Gasteiger partial charge is 0.226 e. The predicted octanol–water partition coefficient (Wildman–Crippen LogP) is 16.0. The number of amides is 2. The lowest BCUT2D eigenvalue weighted by Gasteiger charge is -2.71. The Bertz CT molecular complexity index is 2080. The minimum atomic E-state index is -0.286. The summed E-state index contributed by atoms with van der Waals surface area (Å²) >= 11 is 0. The zero-order valence-corrected chi connectivity index (χ0v) is 50.9. The lowest BCUT2D eigenvalue weighted by molar-refractivity contribution is -0.204. The lowest BCUT2D eigenvalue weighted by atomic mass is 9.33. The minimum absolute atomic E-state index is 0.0418. The number of carbonyl (C=O) groups excluding carboxylic acids is 2. The molecule has 6 heteroatoms. The third-order valence-electron chi connectivity index (χ3n) is 29.3. The number of fused-ring (bicyclic) bond motifs is 14. The molecule has 0 unspecified atom stereocenters. The summed E-state index contributed by atoms with van der Waals surface area (Å²) in [6.07, 6.45) is 33.0. The highest BCUT2D eigenvalue weighted by Crippen LogP contribution is 2.78. The van der Waals surface area contributed by atoms with Gasteiger partial charge in [-0.05, 0) is 231 Å². The minimum Gasteiger partial charge on any atom is -0.393 e. The summed E-state index contributed by atoms with van der Waals surface area (Å²) in [5, 5.41) is 29.6. The number of hydrogen-bond donors (Lipinski definition) is 4. The maximum absolute atomic E-state index is 14.8. The van der Waals surface area contributed by atoms with Crippen molar-refractivity contribution in [3.8, 4) is 0 Å². The van der Waals surface area contributed by atoms with Crippen LogP contribution in [-0.4, -0.2) is 47.3 Å². The van der Waals surface area contributed by atoms with E-state index < -0.39 is 0 Å². The molecule has 6 nitrogen and oxygen atoms in total. The molecular formula is C69H114N2O4. The fourth-order valence-corrected chi connectivity index (χ4v) is 23.6. The second-order valence-electron chi connectivity index (χ2n) is 32.3. The predicted molar refractivity (Wildman–Crippen MR) is 308 cm³/mol. The molecule has 0 aromatic carbocycles. The van der Waals surface area contributed by atoms with Gasteiger partial charge in [-0.1, -0.05) is 152 Å². The first-order valence-electron chi connectivity index (χ1n) is 32.5. The maximum Gasteiger partial charge on any atom is 0.226 e. The normalized spacial score (nSPS) is 50.3. The van der Waals surface area contributed by atoms with Gasteiger partial charge in [0.1, 0.15) is 0 Å². The monoisotopic (exact) mass is 1030 g/mol. The van der Waals surface area contributed by atoms with Crippen molar-refractivity contribution in [3.05, 3.63) is 23.3 Å². The average Bonchev–Trinajstić information content (AvgIpc) is 3.36. The van der Waals surface area contributed by atoms with Crippen LogP contribution in [0, 0.1) is 113 Å². The van der Waals surface area contributed by atoms with Crippen molar-refractivity contribution in [2.75, 3.05) is 13.1 Å². The molecule has 0 heterocycles. The summed E-state index contributed by atoms with van der Waals surface area (Å²) in [7, 11) is 0. The molecule has 0 bridgehead atoms.